The van der Waals surface area contributed by atoms with Crippen LogP contribution in [0.2, 0.25) is 0 Å². The Labute approximate surface area is 115 Å². The van der Waals surface area contributed by atoms with Crippen LogP contribution >= 0.6 is 0 Å². The Kier molecular flexibility index (Phi) is 5.94. The van der Waals surface area contributed by atoms with E-state index >= 15 is 0 Å². The first-order valence-electron chi connectivity index (χ1n) is 7.28. The number of hydrogen-bond acceptors (Lipinski definition) is 5. The third-order valence-corrected chi connectivity index (χ3v) is 3.95. The van der Waals surface area contributed by atoms with Crippen molar-refractivity contribution in [3.63, 3.8) is 0 Å². The molecule has 0 spiro atoms. The second-order valence-corrected chi connectivity index (χ2v) is 5.00. The van der Waals surface area contributed by atoms with E-state index in [1.165, 1.54) is 0 Å². The average molecular weight is 269 g/mol. The quantitative estimate of drug-likeness (QED) is 0.784. The zero-order valence-electron chi connectivity index (χ0n) is 12.8. The van der Waals surface area contributed by atoms with Crippen molar-refractivity contribution in [2.75, 3.05) is 6.61 Å². The van der Waals surface area contributed by atoms with Gasteiger partial charge in [0.1, 0.15) is 5.60 Å². The molecule has 110 valence electrons. The molecular formula is C14H27N3O2. The first kappa shape index (κ1) is 16.1. The molecule has 0 fully saturated rings. The predicted molar refractivity (Wildman–Crippen MR) is 74.6 cm³/mol. The van der Waals surface area contributed by atoms with Crippen molar-refractivity contribution in [2.24, 2.45) is 11.7 Å². The Hall–Kier alpha value is -0.940. The van der Waals surface area contributed by atoms with Crippen LogP contribution in [0.5, 0.6) is 0 Å². The molecule has 2 N–H and O–H groups in total. The maximum absolute atomic E-state index is 6.13. The fourth-order valence-corrected chi connectivity index (χ4v) is 2.16. The third-order valence-electron chi connectivity index (χ3n) is 3.95. The summed E-state index contributed by atoms with van der Waals surface area (Å²) < 4.78 is 11.2. The summed E-state index contributed by atoms with van der Waals surface area (Å²) in [5, 5.41) is 4.10. The Bertz CT molecular complexity index is 375. The van der Waals surface area contributed by atoms with Gasteiger partial charge in [-0.15, -0.1) is 0 Å². The topological polar surface area (TPSA) is 74.2 Å². The summed E-state index contributed by atoms with van der Waals surface area (Å²) in [5.41, 5.74) is 5.67. The Morgan fingerprint density at radius 2 is 1.89 bits per heavy atom. The van der Waals surface area contributed by atoms with E-state index in [1.54, 1.807) is 0 Å². The van der Waals surface area contributed by atoms with Gasteiger partial charge in [-0.3, -0.25) is 0 Å². The smallest absolute Gasteiger partial charge is 0.243 e. The minimum Gasteiger partial charge on any atom is -0.367 e. The highest BCUT2D eigenvalue weighted by Crippen LogP contribution is 2.32. The number of rotatable bonds is 8. The van der Waals surface area contributed by atoms with Gasteiger partial charge < -0.3 is 15.0 Å². The molecule has 1 aromatic rings. The lowest BCUT2D eigenvalue weighted by Gasteiger charge is -2.27. The SMILES string of the molecule is CCOC(CC)(CC)c1noc([C@@H](N)[C@@H](C)CC)n1. The minimum absolute atomic E-state index is 0.209. The lowest BCUT2D eigenvalue weighted by molar-refractivity contribution is -0.0583. The van der Waals surface area contributed by atoms with Crippen LogP contribution in [-0.2, 0) is 10.3 Å². The van der Waals surface area contributed by atoms with Crippen molar-refractivity contribution in [2.45, 2.75) is 65.5 Å². The Balaban J connectivity index is 2.99. The number of nitrogens with two attached hydrogens (primary N) is 1. The van der Waals surface area contributed by atoms with Gasteiger partial charge in [0.25, 0.3) is 0 Å². The van der Waals surface area contributed by atoms with Crippen LogP contribution in [0.15, 0.2) is 4.52 Å². The summed E-state index contributed by atoms with van der Waals surface area (Å²) in [6, 6.07) is -0.209. The zero-order chi connectivity index (χ0) is 14.5. The van der Waals surface area contributed by atoms with Gasteiger partial charge >= 0.3 is 0 Å². The molecule has 0 saturated carbocycles. The van der Waals surface area contributed by atoms with Crippen molar-refractivity contribution in [1.29, 1.82) is 0 Å². The van der Waals surface area contributed by atoms with E-state index in [2.05, 4.69) is 37.8 Å². The van der Waals surface area contributed by atoms with Crippen molar-refractivity contribution < 1.29 is 9.26 Å². The van der Waals surface area contributed by atoms with E-state index in [0.29, 0.717) is 24.2 Å². The largest absolute Gasteiger partial charge is 0.367 e. The van der Waals surface area contributed by atoms with Gasteiger partial charge in [0.05, 0.1) is 6.04 Å². The molecule has 0 unspecified atom stereocenters. The molecule has 0 saturated heterocycles. The lowest BCUT2D eigenvalue weighted by Crippen LogP contribution is -2.30. The number of nitrogens with zero attached hydrogens (tertiary/aromatic N) is 2. The molecule has 0 amide bonds. The molecule has 0 radical (unpaired) electrons. The summed E-state index contributed by atoms with van der Waals surface area (Å²) >= 11 is 0. The molecule has 2 atom stereocenters. The van der Waals surface area contributed by atoms with E-state index in [0.717, 1.165) is 19.3 Å². The summed E-state index contributed by atoms with van der Waals surface area (Å²) in [7, 11) is 0. The molecule has 0 aromatic carbocycles. The fourth-order valence-electron chi connectivity index (χ4n) is 2.16. The summed E-state index contributed by atoms with van der Waals surface area (Å²) in [6.45, 7) is 10.9. The highest BCUT2D eigenvalue weighted by molar-refractivity contribution is 5.03. The highest BCUT2D eigenvalue weighted by Gasteiger charge is 2.35. The van der Waals surface area contributed by atoms with Crippen LogP contribution in [0, 0.1) is 5.92 Å². The Morgan fingerprint density at radius 3 is 2.37 bits per heavy atom. The molecule has 1 aromatic heterocycles. The van der Waals surface area contributed by atoms with Crippen LogP contribution in [0.4, 0.5) is 0 Å². The first-order chi connectivity index (χ1) is 9.04. The zero-order valence-corrected chi connectivity index (χ0v) is 12.8. The summed E-state index contributed by atoms with van der Waals surface area (Å²) in [5.74, 6) is 1.45. The van der Waals surface area contributed by atoms with E-state index in [-0.39, 0.29) is 6.04 Å². The van der Waals surface area contributed by atoms with E-state index in [4.69, 9.17) is 15.0 Å². The lowest BCUT2D eigenvalue weighted by atomic mass is 9.96. The molecule has 0 aliphatic heterocycles. The fraction of sp³-hybridized carbons (Fsp3) is 0.857. The van der Waals surface area contributed by atoms with Crippen LogP contribution in [0.1, 0.15) is 71.6 Å². The molecule has 0 aliphatic carbocycles. The normalized spacial score (nSPS) is 15.5. The average Bonchev–Trinajstić information content (AvgIpc) is 2.93. The van der Waals surface area contributed by atoms with Crippen LogP contribution < -0.4 is 5.73 Å². The first-order valence-corrected chi connectivity index (χ1v) is 7.28. The second-order valence-electron chi connectivity index (χ2n) is 5.00. The van der Waals surface area contributed by atoms with Crippen molar-refractivity contribution in [3.8, 4) is 0 Å². The highest BCUT2D eigenvalue weighted by atomic mass is 16.5. The molecule has 0 bridgehead atoms. The third kappa shape index (κ3) is 3.34. The molecule has 5 nitrogen and oxygen atoms in total. The van der Waals surface area contributed by atoms with Gasteiger partial charge in [-0.1, -0.05) is 39.3 Å². The Morgan fingerprint density at radius 1 is 1.26 bits per heavy atom. The molecular weight excluding hydrogens is 242 g/mol. The standard InChI is InChI=1S/C14H27N3O2/c1-6-10(5)11(15)12-16-13(17-19-12)14(7-2,8-3)18-9-4/h10-11H,6-9,15H2,1-5H3/t10-,11-/m0/s1. The summed E-state index contributed by atoms with van der Waals surface area (Å²) in [6.07, 6.45) is 2.61. The van der Waals surface area contributed by atoms with Gasteiger partial charge in [0.2, 0.25) is 11.7 Å². The van der Waals surface area contributed by atoms with Gasteiger partial charge in [-0.2, -0.15) is 4.98 Å². The molecule has 1 heterocycles. The molecule has 1 rings (SSSR count). The van der Waals surface area contributed by atoms with Gasteiger partial charge in [-0.25, -0.2) is 0 Å². The molecule has 5 heteroatoms. The van der Waals surface area contributed by atoms with Crippen LogP contribution in [0.3, 0.4) is 0 Å². The van der Waals surface area contributed by atoms with Crippen molar-refractivity contribution in [3.05, 3.63) is 11.7 Å². The minimum atomic E-state index is -0.453. The van der Waals surface area contributed by atoms with Crippen molar-refractivity contribution >= 4 is 0 Å². The van der Waals surface area contributed by atoms with Crippen molar-refractivity contribution in [1.82, 2.24) is 10.1 Å². The van der Waals surface area contributed by atoms with Gasteiger partial charge in [0.15, 0.2) is 0 Å². The van der Waals surface area contributed by atoms with Gasteiger partial charge in [-0.05, 0) is 25.7 Å². The van der Waals surface area contributed by atoms with E-state index in [1.807, 2.05) is 6.92 Å². The number of aromatic nitrogens is 2. The molecule has 19 heavy (non-hydrogen) atoms. The van der Waals surface area contributed by atoms with E-state index in [9.17, 15) is 0 Å². The number of ether oxygens (including phenoxy) is 1. The van der Waals surface area contributed by atoms with Gasteiger partial charge in [0, 0.05) is 6.61 Å². The monoisotopic (exact) mass is 269 g/mol. The van der Waals surface area contributed by atoms with Crippen LogP contribution in [-0.4, -0.2) is 16.7 Å². The van der Waals surface area contributed by atoms with Crippen LogP contribution in [0.25, 0.3) is 0 Å². The summed E-state index contributed by atoms with van der Waals surface area (Å²) in [4.78, 5) is 4.48. The molecule has 0 aliphatic rings. The maximum Gasteiger partial charge on any atom is 0.243 e. The van der Waals surface area contributed by atoms with E-state index < -0.39 is 5.60 Å². The second kappa shape index (κ2) is 7.01. The number of hydrogen-bond donors (Lipinski definition) is 1. The predicted octanol–water partition coefficient (Wildman–Crippen LogP) is 3.17. The maximum atomic E-state index is 6.13.